The van der Waals surface area contributed by atoms with Crippen molar-refractivity contribution in [2.75, 3.05) is 17.0 Å². The number of carboxylic acids is 1. The van der Waals surface area contributed by atoms with Crippen molar-refractivity contribution in [3.05, 3.63) is 29.8 Å². The Labute approximate surface area is 128 Å². The predicted molar refractivity (Wildman–Crippen MR) is 80.1 cm³/mol. The quantitative estimate of drug-likeness (QED) is 0.557. The molecule has 1 aromatic carbocycles. The Balaban J connectivity index is 2.93. The molecule has 0 aromatic heterocycles. The number of aliphatic carboxylic acids is 1. The summed E-state index contributed by atoms with van der Waals surface area (Å²) in [6.07, 6.45) is 0. The van der Waals surface area contributed by atoms with E-state index in [9.17, 15) is 23.1 Å². The second-order valence-electron chi connectivity index (χ2n) is 4.81. The lowest BCUT2D eigenvalue weighted by molar-refractivity contribution is -0.155. The van der Waals surface area contributed by atoms with E-state index < -0.39 is 34.0 Å². The second kappa shape index (κ2) is 6.75. The molecule has 0 spiro atoms. The molecular formula is C13H18N2O6S. The lowest BCUT2D eigenvalue weighted by atomic mass is 10.1. The molecule has 22 heavy (non-hydrogen) atoms. The van der Waals surface area contributed by atoms with E-state index in [1.165, 1.54) is 25.1 Å². The molecule has 1 aromatic rings. The van der Waals surface area contributed by atoms with Crippen LogP contribution < -0.4 is 10.0 Å². The number of anilines is 1. The normalized spacial score (nSPS) is 14.0. The Bertz CT molecular complexity index is 669. The molecule has 0 aliphatic heterocycles. The maximum absolute atomic E-state index is 12.1. The van der Waals surface area contributed by atoms with Crippen LogP contribution in [0.4, 0.5) is 5.69 Å². The van der Waals surface area contributed by atoms with Crippen molar-refractivity contribution >= 4 is 27.6 Å². The molecule has 0 aliphatic carbocycles. The highest BCUT2D eigenvalue weighted by Gasteiger charge is 2.30. The van der Waals surface area contributed by atoms with Crippen molar-refractivity contribution in [1.29, 1.82) is 0 Å². The summed E-state index contributed by atoms with van der Waals surface area (Å²) in [5.41, 5.74) is -2.01. The van der Waals surface area contributed by atoms with E-state index in [4.69, 9.17) is 5.11 Å². The van der Waals surface area contributed by atoms with Crippen LogP contribution in [0.3, 0.4) is 0 Å². The number of hydrogen-bond acceptors (Lipinski definition) is 5. The number of rotatable bonds is 7. The van der Waals surface area contributed by atoms with Crippen LogP contribution in [-0.4, -0.2) is 48.4 Å². The van der Waals surface area contributed by atoms with Gasteiger partial charge < -0.3 is 15.5 Å². The van der Waals surface area contributed by atoms with Crippen LogP contribution in [0.1, 0.15) is 24.2 Å². The van der Waals surface area contributed by atoms with E-state index in [0.29, 0.717) is 0 Å². The average molecular weight is 330 g/mol. The number of nitrogens with one attached hydrogen (secondary N) is 2. The first kappa shape index (κ1) is 17.9. The highest BCUT2D eigenvalue weighted by atomic mass is 32.2. The van der Waals surface area contributed by atoms with E-state index >= 15 is 0 Å². The van der Waals surface area contributed by atoms with Crippen LogP contribution in [0.25, 0.3) is 0 Å². The van der Waals surface area contributed by atoms with Gasteiger partial charge in [0.15, 0.2) is 5.60 Å². The zero-order valence-corrected chi connectivity index (χ0v) is 13.0. The Morgan fingerprint density at radius 1 is 1.27 bits per heavy atom. The molecule has 1 amide bonds. The molecule has 0 bridgehead atoms. The van der Waals surface area contributed by atoms with Gasteiger partial charge in [-0.2, -0.15) is 0 Å². The first-order chi connectivity index (χ1) is 10.1. The number of carboxylic acid groups (broad SMARTS) is 1. The predicted octanol–water partition coefficient (Wildman–Crippen LogP) is 0.0136. The molecule has 0 saturated heterocycles. The second-order valence-corrected chi connectivity index (χ2v) is 6.82. The zero-order valence-electron chi connectivity index (χ0n) is 12.2. The van der Waals surface area contributed by atoms with Crippen LogP contribution in [0.15, 0.2) is 24.3 Å². The van der Waals surface area contributed by atoms with Crippen LogP contribution in [0.2, 0.25) is 0 Å². The van der Waals surface area contributed by atoms with E-state index in [2.05, 4.69) is 10.0 Å². The summed E-state index contributed by atoms with van der Waals surface area (Å²) in [5.74, 6) is -2.33. The highest BCUT2D eigenvalue weighted by Crippen LogP contribution is 2.17. The largest absolute Gasteiger partial charge is 0.479 e. The summed E-state index contributed by atoms with van der Waals surface area (Å²) in [4.78, 5) is 22.8. The van der Waals surface area contributed by atoms with Crippen molar-refractivity contribution in [2.24, 2.45) is 0 Å². The van der Waals surface area contributed by atoms with Gasteiger partial charge in [-0.05, 0) is 26.0 Å². The number of carbonyl (C=O) groups is 2. The van der Waals surface area contributed by atoms with Gasteiger partial charge in [0, 0.05) is 0 Å². The first-order valence-corrected chi connectivity index (χ1v) is 8.08. The third kappa shape index (κ3) is 4.71. The molecule has 1 unspecified atom stereocenters. The zero-order chi connectivity index (χ0) is 17.0. The number of benzene rings is 1. The summed E-state index contributed by atoms with van der Waals surface area (Å²) < 4.78 is 25.4. The van der Waals surface area contributed by atoms with Gasteiger partial charge in [-0.1, -0.05) is 12.1 Å². The van der Waals surface area contributed by atoms with Gasteiger partial charge >= 0.3 is 5.97 Å². The maximum Gasteiger partial charge on any atom is 0.337 e. The van der Waals surface area contributed by atoms with Gasteiger partial charge in [-0.15, -0.1) is 0 Å². The molecule has 1 atom stereocenters. The van der Waals surface area contributed by atoms with Gasteiger partial charge in [0.2, 0.25) is 10.0 Å². The average Bonchev–Trinajstić information content (AvgIpc) is 2.45. The smallest absolute Gasteiger partial charge is 0.337 e. The Hall–Kier alpha value is -2.13. The molecule has 0 saturated carbocycles. The summed E-state index contributed by atoms with van der Waals surface area (Å²) in [6, 6.07) is 5.89. The number of para-hydroxylation sites is 1. The minimum Gasteiger partial charge on any atom is -0.479 e. The Kier molecular flexibility index (Phi) is 5.50. The van der Waals surface area contributed by atoms with Gasteiger partial charge in [-0.25, -0.2) is 13.2 Å². The lowest BCUT2D eigenvalue weighted by Crippen LogP contribution is -2.46. The first-order valence-electron chi connectivity index (χ1n) is 6.42. The Morgan fingerprint density at radius 2 is 1.86 bits per heavy atom. The minimum atomic E-state index is -3.56. The standard InChI is InChI=1S/C13H18N2O6S/c1-3-22(20,21)15-10-7-5-4-6-9(10)11(16)14-8-13(2,19)12(17)18/h4-7,15,19H,3,8H2,1-2H3,(H,14,16)(H,17,18). The molecule has 8 nitrogen and oxygen atoms in total. The van der Waals surface area contributed by atoms with Crippen molar-refractivity contribution in [2.45, 2.75) is 19.4 Å². The number of aliphatic hydroxyl groups is 1. The highest BCUT2D eigenvalue weighted by molar-refractivity contribution is 7.92. The van der Waals surface area contributed by atoms with E-state index in [0.717, 1.165) is 6.92 Å². The third-order valence-corrected chi connectivity index (χ3v) is 4.16. The SMILES string of the molecule is CCS(=O)(=O)Nc1ccccc1C(=O)NCC(C)(O)C(=O)O. The summed E-state index contributed by atoms with van der Waals surface area (Å²) in [7, 11) is -3.56. The monoisotopic (exact) mass is 330 g/mol. The van der Waals surface area contributed by atoms with Crippen LogP contribution in [0, 0.1) is 0 Å². The van der Waals surface area contributed by atoms with Crippen molar-refractivity contribution in [3.8, 4) is 0 Å². The summed E-state index contributed by atoms with van der Waals surface area (Å²) >= 11 is 0. The molecule has 4 N–H and O–H groups in total. The third-order valence-electron chi connectivity index (χ3n) is 2.87. The Morgan fingerprint density at radius 3 is 2.41 bits per heavy atom. The van der Waals surface area contributed by atoms with Crippen LogP contribution >= 0.6 is 0 Å². The number of sulfonamides is 1. The van der Waals surface area contributed by atoms with Gasteiger partial charge in [0.05, 0.1) is 23.5 Å². The number of hydrogen-bond donors (Lipinski definition) is 4. The molecular weight excluding hydrogens is 312 g/mol. The van der Waals surface area contributed by atoms with Crippen molar-refractivity contribution in [3.63, 3.8) is 0 Å². The fourth-order valence-electron chi connectivity index (χ4n) is 1.43. The molecule has 0 fully saturated rings. The molecule has 0 aliphatic rings. The van der Waals surface area contributed by atoms with E-state index in [1.54, 1.807) is 6.07 Å². The molecule has 0 heterocycles. The summed E-state index contributed by atoms with van der Waals surface area (Å²) in [5, 5.41) is 20.6. The van der Waals surface area contributed by atoms with Crippen molar-refractivity contribution in [1.82, 2.24) is 5.32 Å². The fraction of sp³-hybridized carbons (Fsp3) is 0.385. The van der Waals surface area contributed by atoms with Gasteiger partial charge in [-0.3, -0.25) is 9.52 Å². The maximum atomic E-state index is 12.1. The van der Waals surface area contributed by atoms with Gasteiger partial charge in [0.25, 0.3) is 5.91 Å². The van der Waals surface area contributed by atoms with E-state index in [1.807, 2.05) is 0 Å². The van der Waals surface area contributed by atoms with Crippen LogP contribution in [0.5, 0.6) is 0 Å². The number of amides is 1. The van der Waals surface area contributed by atoms with E-state index in [-0.39, 0.29) is 17.0 Å². The molecule has 0 radical (unpaired) electrons. The molecule has 122 valence electrons. The topological polar surface area (TPSA) is 133 Å². The molecule has 9 heteroatoms. The van der Waals surface area contributed by atoms with Crippen molar-refractivity contribution < 1.29 is 28.2 Å². The lowest BCUT2D eigenvalue weighted by Gasteiger charge is -2.19. The van der Waals surface area contributed by atoms with Gasteiger partial charge in [0.1, 0.15) is 0 Å². The minimum absolute atomic E-state index is 0.0284. The van der Waals surface area contributed by atoms with Crippen LogP contribution in [-0.2, 0) is 14.8 Å². The fourth-order valence-corrected chi connectivity index (χ4v) is 2.09. The molecule has 1 rings (SSSR count). The number of carbonyl (C=O) groups excluding carboxylic acids is 1. The summed E-state index contributed by atoms with van der Waals surface area (Å²) in [6.45, 7) is 1.98.